The summed E-state index contributed by atoms with van der Waals surface area (Å²) in [5.74, 6) is -0.525. The number of aliphatic hydroxyl groups excluding tert-OH is 1. The van der Waals surface area contributed by atoms with Gasteiger partial charge in [0.05, 0.1) is 17.8 Å². The molecule has 184 valence electrons. The van der Waals surface area contributed by atoms with Crippen molar-refractivity contribution >= 4 is 16.7 Å². The number of carboxylic acids is 1. The van der Waals surface area contributed by atoms with E-state index in [4.69, 9.17) is 9.47 Å². The lowest BCUT2D eigenvalue weighted by Crippen LogP contribution is -2.33. The molecule has 0 unspecified atom stereocenters. The van der Waals surface area contributed by atoms with Gasteiger partial charge in [-0.05, 0) is 46.2 Å². The minimum Gasteiger partial charge on any atom is -0.489 e. The number of nitrogens with zero attached hydrogens (tertiary/aromatic N) is 1. The van der Waals surface area contributed by atoms with Gasteiger partial charge in [0.25, 0.3) is 0 Å². The van der Waals surface area contributed by atoms with Crippen molar-refractivity contribution in [3.63, 3.8) is 0 Å². The SMILES string of the molecule is O=C(O)c1cc2cc(OCc3cncc(C4(O)CCOCC4)c3)ccc2c(-c2ccccc2)c1CO. The lowest BCUT2D eigenvalue weighted by molar-refractivity contribution is -0.0681. The molecule has 0 spiro atoms. The summed E-state index contributed by atoms with van der Waals surface area (Å²) in [6.07, 6.45) is 4.43. The number of ether oxygens (including phenoxy) is 2. The van der Waals surface area contributed by atoms with E-state index in [1.165, 1.54) is 0 Å². The molecule has 1 fully saturated rings. The smallest absolute Gasteiger partial charge is 0.336 e. The predicted octanol–water partition coefficient (Wildman–Crippen LogP) is 4.67. The Bertz CT molecular complexity index is 1400. The van der Waals surface area contributed by atoms with Crippen molar-refractivity contribution in [3.8, 4) is 16.9 Å². The molecule has 0 bridgehead atoms. The zero-order chi connectivity index (χ0) is 25.1. The third-order valence-electron chi connectivity index (χ3n) is 6.73. The lowest BCUT2D eigenvalue weighted by Gasteiger charge is -2.32. The number of carboxylic acid groups (broad SMARTS) is 1. The quantitative estimate of drug-likeness (QED) is 0.349. The van der Waals surface area contributed by atoms with Gasteiger partial charge in [0.2, 0.25) is 0 Å². The van der Waals surface area contributed by atoms with Crippen LogP contribution in [0.2, 0.25) is 0 Å². The van der Waals surface area contributed by atoms with Gasteiger partial charge in [-0.25, -0.2) is 4.79 Å². The number of aromatic nitrogens is 1. The average Bonchev–Trinajstić information content (AvgIpc) is 2.91. The predicted molar refractivity (Wildman–Crippen MR) is 135 cm³/mol. The second-order valence-electron chi connectivity index (χ2n) is 9.00. The van der Waals surface area contributed by atoms with Crippen LogP contribution in [-0.2, 0) is 23.6 Å². The van der Waals surface area contributed by atoms with E-state index in [1.54, 1.807) is 24.5 Å². The fourth-order valence-corrected chi connectivity index (χ4v) is 4.79. The number of rotatable bonds is 7. The zero-order valence-electron chi connectivity index (χ0n) is 19.7. The maximum atomic E-state index is 12.0. The molecule has 1 saturated heterocycles. The molecular formula is C29H27NO6. The Morgan fingerprint density at radius 1 is 1.03 bits per heavy atom. The second-order valence-corrected chi connectivity index (χ2v) is 9.00. The number of pyridine rings is 1. The van der Waals surface area contributed by atoms with Gasteiger partial charge in [0, 0.05) is 55.1 Å². The number of aromatic carboxylic acids is 1. The highest BCUT2D eigenvalue weighted by molar-refractivity contribution is 6.05. The first-order valence-corrected chi connectivity index (χ1v) is 11.8. The first-order chi connectivity index (χ1) is 17.5. The van der Waals surface area contributed by atoms with E-state index in [0.717, 1.165) is 22.1 Å². The summed E-state index contributed by atoms with van der Waals surface area (Å²) in [6, 6.07) is 18.5. The minimum atomic E-state index is -1.10. The summed E-state index contributed by atoms with van der Waals surface area (Å²) in [5.41, 5.74) is 2.58. The molecular weight excluding hydrogens is 458 g/mol. The van der Waals surface area contributed by atoms with Crippen LogP contribution in [-0.4, -0.2) is 39.5 Å². The van der Waals surface area contributed by atoms with E-state index in [1.807, 2.05) is 48.5 Å². The van der Waals surface area contributed by atoms with Gasteiger partial charge in [-0.3, -0.25) is 4.98 Å². The Labute approximate surface area is 208 Å². The molecule has 0 aliphatic carbocycles. The highest BCUT2D eigenvalue weighted by Gasteiger charge is 2.32. The normalized spacial score (nSPS) is 15.1. The van der Waals surface area contributed by atoms with Gasteiger partial charge >= 0.3 is 5.97 Å². The molecule has 3 N–H and O–H groups in total. The van der Waals surface area contributed by atoms with E-state index in [-0.39, 0.29) is 18.8 Å². The molecule has 1 aromatic heterocycles. The summed E-state index contributed by atoms with van der Waals surface area (Å²) < 4.78 is 11.4. The number of benzene rings is 3. The average molecular weight is 486 g/mol. The topological polar surface area (TPSA) is 109 Å². The number of aliphatic hydroxyl groups is 2. The molecule has 5 rings (SSSR count). The van der Waals surface area contributed by atoms with Gasteiger partial charge < -0.3 is 24.8 Å². The van der Waals surface area contributed by atoms with Crippen LogP contribution < -0.4 is 4.74 Å². The second kappa shape index (κ2) is 10.1. The fraction of sp³-hybridized carbons (Fsp3) is 0.241. The Morgan fingerprint density at radius 3 is 2.53 bits per heavy atom. The van der Waals surface area contributed by atoms with Crippen molar-refractivity contribution in [3.05, 3.63) is 95.3 Å². The number of fused-ring (bicyclic) bond motifs is 1. The first kappa shape index (κ1) is 23.9. The minimum absolute atomic E-state index is 0.0580. The van der Waals surface area contributed by atoms with E-state index in [9.17, 15) is 20.1 Å². The van der Waals surface area contributed by atoms with Crippen LogP contribution >= 0.6 is 0 Å². The van der Waals surface area contributed by atoms with Gasteiger partial charge in [-0.2, -0.15) is 0 Å². The fourth-order valence-electron chi connectivity index (χ4n) is 4.79. The summed E-state index contributed by atoms with van der Waals surface area (Å²) >= 11 is 0. The number of hydrogen-bond acceptors (Lipinski definition) is 6. The van der Waals surface area contributed by atoms with Crippen molar-refractivity contribution in [1.82, 2.24) is 4.98 Å². The summed E-state index contributed by atoms with van der Waals surface area (Å²) in [7, 11) is 0. The van der Waals surface area contributed by atoms with Crippen molar-refractivity contribution < 1.29 is 29.6 Å². The van der Waals surface area contributed by atoms with Crippen LogP contribution in [0.25, 0.3) is 21.9 Å². The molecule has 36 heavy (non-hydrogen) atoms. The highest BCUT2D eigenvalue weighted by Crippen LogP contribution is 2.37. The molecule has 7 nitrogen and oxygen atoms in total. The van der Waals surface area contributed by atoms with Crippen molar-refractivity contribution in [1.29, 1.82) is 0 Å². The first-order valence-electron chi connectivity index (χ1n) is 11.8. The largest absolute Gasteiger partial charge is 0.489 e. The molecule has 0 radical (unpaired) electrons. The molecule has 2 heterocycles. The maximum absolute atomic E-state index is 12.0. The van der Waals surface area contributed by atoms with Crippen molar-refractivity contribution in [2.45, 2.75) is 31.7 Å². The monoisotopic (exact) mass is 485 g/mol. The van der Waals surface area contributed by atoms with E-state index < -0.39 is 11.6 Å². The molecule has 0 atom stereocenters. The van der Waals surface area contributed by atoms with Gasteiger partial charge in [-0.15, -0.1) is 0 Å². The zero-order valence-corrected chi connectivity index (χ0v) is 19.7. The Morgan fingerprint density at radius 2 is 1.81 bits per heavy atom. The third-order valence-corrected chi connectivity index (χ3v) is 6.73. The van der Waals surface area contributed by atoms with Crippen molar-refractivity contribution in [2.75, 3.05) is 13.2 Å². The number of hydrogen-bond donors (Lipinski definition) is 3. The number of carbonyl (C=O) groups is 1. The standard InChI is InChI=1S/C29H27NO6/c31-17-26-25(28(32)33)14-21-13-23(6-7-24(21)27(26)20-4-2-1-3-5-20)36-18-19-12-22(16-30-15-19)29(34)8-10-35-11-9-29/h1-7,12-16,31,34H,8-11,17-18H2,(H,32,33). The Balaban J connectivity index is 1.47. The van der Waals surface area contributed by atoms with Crippen LogP contribution in [0.5, 0.6) is 5.75 Å². The molecule has 4 aromatic rings. The third kappa shape index (κ3) is 4.68. The highest BCUT2D eigenvalue weighted by atomic mass is 16.5. The van der Waals surface area contributed by atoms with Gasteiger partial charge in [0.1, 0.15) is 12.4 Å². The van der Waals surface area contributed by atoms with E-state index >= 15 is 0 Å². The summed E-state index contributed by atoms with van der Waals surface area (Å²) in [6.45, 7) is 0.873. The van der Waals surface area contributed by atoms with Gasteiger partial charge in [-0.1, -0.05) is 36.4 Å². The molecule has 0 saturated carbocycles. The molecule has 1 aliphatic rings. The Kier molecular flexibility index (Phi) is 6.69. The summed E-state index contributed by atoms with van der Waals surface area (Å²) in [5, 5.41) is 32.4. The Hall–Kier alpha value is -3.78. The van der Waals surface area contributed by atoms with E-state index in [0.29, 0.717) is 48.3 Å². The van der Waals surface area contributed by atoms with Crippen LogP contribution in [0.15, 0.2) is 73.1 Å². The maximum Gasteiger partial charge on any atom is 0.336 e. The van der Waals surface area contributed by atoms with Crippen LogP contribution in [0.3, 0.4) is 0 Å². The molecule has 0 amide bonds. The van der Waals surface area contributed by atoms with Crippen LogP contribution in [0.1, 0.15) is 39.9 Å². The van der Waals surface area contributed by atoms with Crippen molar-refractivity contribution in [2.24, 2.45) is 0 Å². The summed E-state index contributed by atoms with van der Waals surface area (Å²) in [4.78, 5) is 16.3. The molecule has 1 aliphatic heterocycles. The lowest BCUT2D eigenvalue weighted by atomic mass is 9.87. The van der Waals surface area contributed by atoms with Gasteiger partial charge in [0.15, 0.2) is 0 Å². The molecule has 3 aromatic carbocycles. The van der Waals surface area contributed by atoms with E-state index in [2.05, 4.69) is 4.98 Å². The van der Waals surface area contributed by atoms with Crippen LogP contribution in [0, 0.1) is 0 Å². The van der Waals surface area contributed by atoms with Crippen LogP contribution in [0.4, 0.5) is 0 Å². The molecule has 7 heteroatoms.